The van der Waals surface area contributed by atoms with E-state index < -0.39 is 23.2 Å². The van der Waals surface area contributed by atoms with E-state index in [1.54, 1.807) is 19.4 Å². The van der Waals surface area contributed by atoms with Gasteiger partial charge in [-0.25, -0.2) is 9.37 Å². The van der Waals surface area contributed by atoms with E-state index in [2.05, 4.69) is 10.3 Å². The van der Waals surface area contributed by atoms with Gasteiger partial charge in [-0.05, 0) is 69.8 Å². The predicted octanol–water partition coefficient (Wildman–Crippen LogP) is 3.84. The molecule has 2 unspecified atom stereocenters. The summed E-state index contributed by atoms with van der Waals surface area (Å²) < 4.78 is 13.2. The highest BCUT2D eigenvalue weighted by Gasteiger charge is 2.50. The van der Waals surface area contributed by atoms with Gasteiger partial charge in [0.25, 0.3) is 0 Å². The molecule has 2 aromatic rings. The number of ketones is 1. The molecule has 1 saturated heterocycles. The van der Waals surface area contributed by atoms with E-state index in [9.17, 15) is 18.8 Å². The minimum Gasteiger partial charge on any atom is -0.368 e. The summed E-state index contributed by atoms with van der Waals surface area (Å²) in [4.78, 5) is 45.9. The summed E-state index contributed by atoms with van der Waals surface area (Å²) in [6.45, 7) is 2.31. The highest BCUT2D eigenvalue weighted by molar-refractivity contribution is 7.10. The van der Waals surface area contributed by atoms with Crippen molar-refractivity contribution >= 4 is 28.9 Å². The summed E-state index contributed by atoms with van der Waals surface area (Å²) in [5.74, 6) is -1.77. The van der Waals surface area contributed by atoms with Gasteiger partial charge in [0, 0.05) is 17.5 Å². The quantitative estimate of drug-likeness (QED) is 0.536. The van der Waals surface area contributed by atoms with Crippen LogP contribution in [0.3, 0.4) is 0 Å². The first-order valence-corrected chi connectivity index (χ1v) is 13.2. The summed E-state index contributed by atoms with van der Waals surface area (Å²) in [6.07, 6.45) is 6.57. The van der Waals surface area contributed by atoms with Gasteiger partial charge in [-0.1, -0.05) is 19.3 Å². The van der Waals surface area contributed by atoms with Crippen LogP contribution in [0.1, 0.15) is 79.0 Å². The fourth-order valence-electron chi connectivity index (χ4n) is 5.58. The Morgan fingerprint density at radius 2 is 1.83 bits per heavy atom. The average molecular weight is 501 g/mol. The molecule has 2 aliphatic rings. The number of likely N-dealkylation sites (tertiary alicyclic amines) is 1. The lowest BCUT2D eigenvalue weighted by Crippen LogP contribution is -2.63. The van der Waals surface area contributed by atoms with Gasteiger partial charge in [0.2, 0.25) is 17.6 Å². The van der Waals surface area contributed by atoms with Crippen molar-refractivity contribution in [3.8, 4) is 0 Å². The smallest absolute Gasteiger partial charge is 0.238 e. The van der Waals surface area contributed by atoms with Gasteiger partial charge < -0.3 is 16.0 Å². The molecular weight excluding hydrogens is 467 g/mol. The van der Waals surface area contributed by atoms with Gasteiger partial charge in [0.05, 0.1) is 12.0 Å². The number of thiazole rings is 1. The van der Waals surface area contributed by atoms with Crippen molar-refractivity contribution in [3.63, 3.8) is 0 Å². The van der Waals surface area contributed by atoms with Crippen molar-refractivity contribution in [2.24, 2.45) is 17.6 Å². The minimum absolute atomic E-state index is 0.0725. The number of halogens is 1. The molecule has 1 saturated carbocycles. The molecule has 3 N–H and O–H groups in total. The number of nitrogens with one attached hydrogen (secondary N) is 1. The summed E-state index contributed by atoms with van der Waals surface area (Å²) in [5, 5.41) is 5.47. The average Bonchev–Trinajstić information content (AvgIpc) is 3.54. The largest absolute Gasteiger partial charge is 0.368 e. The SMILES string of the molecule is CNC(C)(C(N)=O)[C@@H](C(=O)N1CCCC1c1nc(C(=O)c2ccc(F)cc2)cs1)C1CCCCC1. The maximum atomic E-state index is 14.1. The highest BCUT2D eigenvalue weighted by Crippen LogP contribution is 2.41. The predicted molar refractivity (Wildman–Crippen MR) is 132 cm³/mol. The topological polar surface area (TPSA) is 105 Å². The third-order valence-corrected chi connectivity index (χ3v) is 8.67. The van der Waals surface area contributed by atoms with Crippen LogP contribution in [0.2, 0.25) is 0 Å². The molecule has 1 aliphatic heterocycles. The van der Waals surface area contributed by atoms with Crippen molar-refractivity contribution in [2.45, 2.75) is 63.5 Å². The van der Waals surface area contributed by atoms with Crippen LogP contribution in [-0.4, -0.2) is 46.6 Å². The number of carbonyl (C=O) groups excluding carboxylic acids is 3. The van der Waals surface area contributed by atoms with Crippen LogP contribution >= 0.6 is 11.3 Å². The number of hydrogen-bond acceptors (Lipinski definition) is 6. The molecule has 2 fully saturated rings. The zero-order valence-electron chi connectivity index (χ0n) is 20.3. The zero-order chi connectivity index (χ0) is 25.2. The van der Waals surface area contributed by atoms with Gasteiger partial charge in [-0.15, -0.1) is 11.3 Å². The lowest BCUT2D eigenvalue weighted by atomic mass is 9.69. The highest BCUT2D eigenvalue weighted by atomic mass is 32.1. The van der Waals surface area contributed by atoms with Gasteiger partial charge in [-0.2, -0.15) is 0 Å². The number of aromatic nitrogens is 1. The lowest BCUT2D eigenvalue weighted by molar-refractivity contribution is -0.147. The lowest BCUT2D eigenvalue weighted by Gasteiger charge is -2.42. The Hall–Kier alpha value is -2.65. The number of hydrogen-bond donors (Lipinski definition) is 2. The van der Waals surface area contributed by atoms with Gasteiger partial charge in [0.15, 0.2) is 0 Å². The van der Waals surface area contributed by atoms with E-state index in [0.717, 1.165) is 44.9 Å². The maximum absolute atomic E-state index is 14.1. The van der Waals surface area contributed by atoms with Crippen LogP contribution in [-0.2, 0) is 9.59 Å². The van der Waals surface area contributed by atoms with E-state index in [0.29, 0.717) is 17.1 Å². The van der Waals surface area contributed by atoms with E-state index in [-0.39, 0.29) is 29.3 Å². The Labute approximate surface area is 209 Å². The molecule has 2 heterocycles. The third kappa shape index (κ3) is 5.02. The van der Waals surface area contributed by atoms with Crippen molar-refractivity contribution in [1.29, 1.82) is 0 Å². The molecule has 0 radical (unpaired) electrons. The van der Waals surface area contributed by atoms with Crippen LogP contribution in [0.25, 0.3) is 0 Å². The number of primary amides is 1. The van der Waals surface area contributed by atoms with Gasteiger partial charge >= 0.3 is 0 Å². The molecule has 0 spiro atoms. The molecule has 1 aromatic carbocycles. The number of nitrogens with two attached hydrogens (primary N) is 1. The minimum atomic E-state index is -1.15. The second-order valence-corrected chi connectivity index (χ2v) is 10.7. The first kappa shape index (κ1) is 25.4. The molecule has 3 atom stereocenters. The Kier molecular flexibility index (Phi) is 7.66. The van der Waals surface area contributed by atoms with Crippen molar-refractivity contribution in [1.82, 2.24) is 15.2 Å². The molecule has 4 rings (SSSR count). The standard InChI is InChI=1S/C26H33FN4O3S/c1-26(29-2,25(28)34)21(16-7-4-3-5-8-16)24(33)31-14-6-9-20(31)23-30-19(15-35-23)22(32)17-10-12-18(27)13-11-17/h10-13,15-16,20-21,29H,3-9,14H2,1-2H3,(H2,28,34)/t20?,21-,26?/m1/s1. The molecular formula is C26H33FN4O3S. The van der Waals surface area contributed by atoms with Crippen LogP contribution in [0.5, 0.6) is 0 Å². The van der Waals surface area contributed by atoms with Crippen LogP contribution in [0.15, 0.2) is 29.6 Å². The van der Waals surface area contributed by atoms with E-state index in [1.807, 2.05) is 4.90 Å². The maximum Gasteiger partial charge on any atom is 0.238 e. The summed E-state index contributed by atoms with van der Waals surface area (Å²) in [7, 11) is 1.68. The molecule has 9 heteroatoms. The number of carbonyl (C=O) groups is 3. The summed E-state index contributed by atoms with van der Waals surface area (Å²) in [5.41, 5.74) is 5.33. The Morgan fingerprint density at radius 1 is 1.14 bits per heavy atom. The van der Waals surface area contributed by atoms with Crippen molar-refractivity contribution < 1.29 is 18.8 Å². The Morgan fingerprint density at radius 3 is 2.46 bits per heavy atom. The molecule has 0 bridgehead atoms. The molecule has 2 amide bonds. The van der Waals surface area contributed by atoms with Crippen LogP contribution < -0.4 is 11.1 Å². The zero-order valence-corrected chi connectivity index (χ0v) is 21.1. The molecule has 35 heavy (non-hydrogen) atoms. The van der Waals surface area contributed by atoms with Crippen molar-refractivity contribution in [3.05, 3.63) is 51.7 Å². The van der Waals surface area contributed by atoms with Gasteiger partial charge in [0.1, 0.15) is 22.1 Å². The first-order chi connectivity index (χ1) is 16.8. The third-order valence-electron chi connectivity index (χ3n) is 7.72. The Balaban J connectivity index is 1.60. The number of amides is 2. The van der Waals surface area contributed by atoms with Crippen LogP contribution in [0, 0.1) is 17.7 Å². The summed E-state index contributed by atoms with van der Waals surface area (Å²) in [6, 6.07) is 5.14. The molecule has 188 valence electrons. The van der Waals surface area contributed by atoms with Crippen LogP contribution in [0.4, 0.5) is 4.39 Å². The summed E-state index contributed by atoms with van der Waals surface area (Å²) >= 11 is 1.35. The second-order valence-electron chi connectivity index (χ2n) is 9.79. The van der Waals surface area contributed by atoms with Crippen molar-refractivity contribution in [2.75, 3.05) is 13.6 Å². The molecule has 1 aromatic heterocycles. The number of rotatable bonds is 8. The number of nitrogens with zero attached hydrogens (tertiary/aromatic N) is 2. The first-order valence-electron chi connectivity index (χ1n) is 12.3. The van der Waals surface area contributed by atoms with E-state index in [4.69, 9.17) is 5.73 Å². The number of benzene rings is 1. The molecule has 7 nitrogen and oxygen atoms in total. The monoisotopic (exact) mass is 500 g/mol. The fourth-order valence-corrected chi connectivity index (χ4v) is 6.52. The second kappa shape index (κ2) is 10.5. The normalized spacial score (nSPS) is 21.5. The fraction of sp³-hybridized carbons (Fsp3) is 0.538. The van der Waals surface area contributed by atoms with Gasteiger partial charge in [-0.3, -0.25) is 14.4 Å². The Bertz CT molecular complexity index is 1080. The van der Waals surface area contributed by atoms with E-state index in [1.165, 1.54) is 35.6 Å². The van der Waals surface area contributed by atoms with E-state index >= 15 is 0 Å². The number of likely N-dealkylation sites (N-methyl/N-ethyl adjacent to an activating group) is 1. The molecule has 1 aliphatic carbocycles.